The molecule has 1 aromatic heterocycles. The second-order valence-electron chi connectivity index (χ2n) is 5.42. The average molecular weight is 288 g/mol. The number of nitrogens with two attached hydrogens (primary N) is 1. The van der Waals surface area contributed by atoms with Crippen molar-refractivity contribution in [3.63, 3.8) is 0 Å². The van der Waals surface area contributed by atoms with Crippen LogP contribution in [0.5, 0.6) is 0 Å². The van der Waals surface area contributed by atoms with E-state index >= 15 is 0 Å². The fraction of sp³-hybridized carbons (Fsp3) is 0.500. The molecule has 1 atom stereocenters. The normalized spacial score (nSPS) is 12.5. The molecule has 4 N–H and O–H groups in total. The van der Waals surface area contributed by atoms with Crippen LogP contribution in [-0.4, -0.2) is 22.4 Å². The van der Waals surface area contributed by atoms with Crippen molar-refractivity contribution in [1.29, 1.82) is 0 Å². The van der Waals surface area contributed by atoms with Crippen LogP contribution in [0.15, 0.2) is 24.3 Å². The third-order valence-electron chi connectivity index (χ3n) is 3.70. The largest absolute Gasteiger partial charge is 0.330 e. The van der Waals surface area contributed by atoms with E-state index in [0.717, 1.165) is 36.7 Å². The summed E-state index contributed by atoms with van der Waals surface area (Å²) in [6.45, 7) is 2.86. The van der Waals surface area contributed by atoms with Crippen molar-refractivity contribution >= 4 is 22.9 Å². The summed E-state index contributed by atoms with van der Waals surface area (Å²) in [6.07, 6.45) is 4.66. The van der Waals surface area contributed by atoms with Crippen molar-refractivity contribution in [2.75, 3.05) is 11.9 Å². The molecule has 0 radical (unpaired) electrons. The molecule has 2 aromatic rings. The number of benzene rings is 1. The lowest BCUT2D eigenvalue weighted by molar-refractivity contribution is -0.116. The fourth-order valence-electron chi connectivity index (χ4n) is 2.62. The fourth-order valence-corrected chi connectivity index (χ4v) is 2.62. The van der Waals surface area contributed by atoms with E-state index in [-0.39, 0.29) is 5.91 Å². The molecular weight excluding hydrogens is 264 g/mol. The molecule has 0 saturated carbocycles. The van der Waals surface area contributed by atoms with Gasteiger partial charge < -0.3 is 10.7 Å². The van der Waals surface area contributed by atoms with E-state index in [1.165, 1.54) is 0 Å². The van der Waals surface area contributed by atoms with Crippen LogP contribution in [0.25, 0.3) is 11.0 Å². The Balaban J connectivity index is 1.86. The number of H-pyrrole nitrogens is 1. The van der Waals surface area contributed by atoms with Crippen LogP contribution >= 0.6 is 0 Å². The zero-order valence-corrected chi connectivity index (χ0v) is 12.6. The SMILES string of the molecule is CCCC(CCN)CCC(=O)Nc1nc2ccccc2[nH]1. The van der Waals surface area contributed by atoms with Crippen molar-refractivity contribution in [3.05, 3.63) is 24.3 Å². The first kappa shape index (κ1) is 15.5. The number of fused-ring (bicyclic) bond motifs is 1. The second-order valence-corrected chi connectivity index (χ2v) is 5.42. The third kappa shape index (κ3) is 4.56. The number of imidazole rings is 1. The van der Waals surface area contributed by atoms with E-state index < -0.39 is 0 Å². The summed E-state index contributed by atoms with van der Waals surface area (Å²) in [5, 5.41) is 2.83. The van der Waals surface area contributed by atoms with E-state index in [2.05, 4.69) is 22.2 Å². The number of carbonyl (C=O) groups is 1. The van der Waals surface area contributed by atoms with Gasteiger partial charge in [0, 0.05) is 6.42 Å². The van der Waals surface area contributed by atoms with E-state index in [1.807, 2.05) is 24.3 Å². The Morgan fingerprint density at radius 1 is 1.33 bits per heavy atom. The number of hydrogen-bond donors (Lipinski definition) is 3. The summed E-state index contributed by atoms with van der Waals surface area (Å²) in [7, 11) is 0. The summed E-state index contributed by atoms with van der Waals surface area (Å²) in [5.74, 6) is 1.07. The predicted octanol–water partition coefficient (Wildman–Crippen LogP) is 3.05. The minimum Gasteiger partial charge on any atom is -0.330 e. The first-order chi connectivity index (χ1) is 10.2. The zero-order valence-electron chi connectivity index (χ0n) is 12.6. The van der Waals surface area contributed by atoms with Gasteiger partial charge in [0.2, 0.25) is 11.9 Å². The highest BCUT2D eigenvalue weighted by Gasteiger charge is 2.11. The number of hydrogen-bond acceptors (Lipinski definition) is 3. The van der Waals surface area contributed by atoms with Gasteiger partial charge in [0.15, 0.2) is 0 Å². The Hall–Kier alpha value is -1.88. The quantitative estimate of drug-likeness (QED) is 0.698. The molecular formula is C16H24N4O. The Bertz CT molecular complexity index is 539. The van der Waals surface area contributed by atoms with Gasteiger partial charge in [-0.1, -0.05) is 31.9 Å². The minimum absolute atomic E-state index is 0.00665. The van der Waals surface area contributed by atoms with E-state index in [4.69, 9.17) is 5.73 Å². The molecule has 0 aliphatic rings. The molecule has 21 heavy (non-hydrogen) atoms. The van der Waals surface area contributed by atoms with Crippen molar-refractivity contribution in [3.8, 4) is 0 Å². The van der Waals surface area contributed by atoms with Crippen molar-refractivity contribution < 1.29 is 4.79 Å². The molecule has 1 heterocycles. The number of carbonyl (C=O) groups excluding carboxylic acids is 1. The average Bonchev–Trinajstić information content (AvgIpc) is 2.87. The maximum Gasteiger partial charge on any atom is 0.226 e. The lowest BCUT2D eigenvalue weighted by Gasteiger charge is -2.14. The predicted molar refractivity (Wildman–Crippen MR) is 86.0 cm³/mol. The second kappa shape index (κ2) is 7.78. The van der Waals surface area contributed by atoms with Crippen LogP contribution in [-0.2, 0) is 4.79 Å². The summed E-state index contributed by atoms with van der Waals surface area (Å²) in [5.41, 5.74) is 7.41. The molecule has 0 bridgehead atoms. The van der Waals surface area contributed by atoms with Crippen LogP contribution in [0.2, 0.25) is 0 Å². The van der Waals surface area contributed by atoms with Crippen molar-refractivity contribution in [2.45, 2.75) is 39.0 Å². The van der Waals surface area contributed by atoms with Gasteiger partial charge in [-0.2, -0.15) is 0 Å². The van der Waals surface area contributed by atoms with Gasteiger partial charge in [-0.05, 0) is 37.4 Å². The maximum absolute atomic E-state index is 12.0. The molecule has 1 unspecified atom stereocenters. The summed E-state index contributed by atoms with van der Waals surface area (Å²) < 4.78 is 0. The molecule has 0 fully saturated rings. The molecule has 0 saturated heterocycles. The Morgan fingerprint density at radius 3 is 2.86 bits per heavy atom. The molecule has 1 aromatic carbocycles. The highest BCUT2D eigenvalue weighted by atomic mass is 16.1. The van der Waals surface area contributed by atoms with Gasteiger partial charge in [-0.25, -0.2) is 4.98 Å². The van der Waals surface area contributed by atoms with Crippen molar-refractivity contribution in [1.82, 2.24) is 9.97 Å². The highest BCUT2D eigenvalue weighted by molar-refractivity contribution is 5.90. The highest BCUT2D eigenvalue weighted by Crippen LogP contribution is 2.18. The molecule has 5 nitrogen and oxygen atoms in total. The van der Waals surface area contributed by atoms with E-state index in [0.29, 0.717) is 24.8 Å². The number of anilines is 1. The van der Waals surface area contributed by atoms with Crippen molar-refractivity contribution in [2.24, 2.45) is 11.7 Å². The molecule has 114 valence electrons. The number of aromatic nitrogens is 2. The van der Waals surface area contributed by atoms with Gasteiger partial charge in [0.25, 0.3) is 0 Å². The maximum atomic E-state index is 12.0. The van der Waals surface area contributed by atoms with Crippen LogP contribution < -0.4 is 11.1 Å². The number of nitrogens with one attached hydrogen (secondary N) is 2. The molecule has 2 rings (SSSR count). The van der Waals surface area contributed by atoms with Crippen LogP contribution in [0.4, 0.5) is 5.95 Å². The Morgan fingerprint density at radius 2 is 2.14 bits per heavy atom. The van der Waals surface area contributed by atoms with E-state index in [9.17, 15) is 4.79 Å². The van der Waals surface area contributed by atoms with Gasteiger partial charge in [0.05, 0.1) is 11.0 Å². The number of amides is 1. The standard InChI is InChI=1S/C16H24N4O/c1-2-5-12(10-11-17)8-9-15(21)20-16-18-13-6-3-4-7-14(13)19-16/h3-4,6-7,12H,2,5,8-11,17H2,1H3,(H2,18,19,20,21). The topological polar surface area (TPSA) is 83.8 Å². The molecule has 0 spiro atoms. The number of nitrogens with zero attached hydrogens (tertiary/aromatic N) is 1. The lowest BCUT2D eigenvalue weighted by atomic mass is 9.94. The summed E-state index contributed by atoms with van der Waals surface area (Å²) >= 11 is 0. The number of aromatic amines is 1. The summed E-state index contributed by atoms with van der Waals surface area (Å²) in [6, 6.07) is 7.72. The minimum atomic E-state index is 0.00665. The monoisotopic (exact) mass is 288 g/mol. The molecule has 1 amide bonds. The van der Waals surface area contributed by atoms with Crippen LogP contribution in [0.3, 0.4) is 0 Å². The number of para-hydroxylation sites is 2. The molecule has 5 heteroatoms. The lowest BCUT2D eigenvalue weighted by Crippen LogP contribution is -2.16. The summed E-state index contributed by atoms with van der Waals surface area (Å²) in [4.78, 5) is 19.4. The van der Waals surface area contributed by atoms with Gasteiger partial charge in [-0.15, -0.1) is 0 Å². The first-order valence-electron chi connectivity index (χ1n) is 7.67. The molecule has 0 aliphatic heterocycles. The van der Waals surface area contributed by atoms with Gasteiger partial charge >= 0.3 is 0 Å². The number of rotatable bonds is 8. The van der Waals surface area contributed by atoms with E-state index in [1.54, 1.807) is 0 Å². The Kier molecular flexibility index (Phi) is 5.75. The Labute approximate surface area is 125 Å². The first-order valence-corrected chi connectivity index (χ1v) is 7.67. The van der Waals surface area contributed by atoms with Crippen LogP contribution in [0, 0.1) is 5.92 Å². The zero-order chi connectivity index (χ0) is 15.1. The smallest absolute Gasteiger partial charge is 0.226 e. The third-order valence-corrected chi connectivity index (χ3v) is 3.70. The van der Waals surface area contributed by atoms with Crippen LogP contribution in [0.1, 0.15) is 39.0 Å². The van der Waals surface area contributed by atoms with Gasteiger partial charge in [-0.3, -0.25) is 10.1 Å². The molecule has 0 aliphatic carbocycles. The van der Waals surface area contributed by atoms with Gasteiger partial charge in [0.1, 0.15) is 0 Å².